The second-order valence-corrected chi connectivity index (χ2v) is 5.13. The third-order valence-electron chi connectivity index (χ3n) is 3.69. The molecule has 0 amide bonds. The van der Waals surface area contributed by atoms with Crippen LogP contribution in [0.5, 0.6) is 17.4 Å². The number of pyridine rings is 1. The molecule has 1 aromatic heterocycles. The Kier molecular flexibility index (Phi) is 5.12. The molecule has 3 rings (SSSR count). The van der Waals surface area contributed by atoms with E-state index in [4.69, 9.17) is 14.2 Å². The van der Waals surface area contributed by atoms with E-state index in [9.17, 15) is 5.21 Å². The number of amidine groups is 1. The normalized spacial score (nSPS) is 15.2. The van der Waals surface area contributed by atoms with E-state index < -0.39 is 0 Å². The summed E-state index contributed by atoms with van der Waals surface area (Å²) < 4.78 is 16.6. The number of hydrogen-bond donors (Lipinski definition) is 1. The van der Waals surface area contributed by atoms with Crippen molar-refractivity contribution in [1.29, 1.82) is 0 Å². The predicted octanol–water partition coefficient (Wildman–Crippen LogP) is 2.35. The highest BCUT2D eigenvalue weighted by Crippen LogP contribution is 2.32. The van der Waals surface area contributed by atoms with E-state index in [-0.39, 0.29) is 0 Å². The van der Waals surface area contributed by atoms with Gasteiger partial charge in [-0.2, -0.15) is 0 Å². The summed E-state index contributed by atoms with van der Waals surface area (Å²) in [6, 6.07) is 10.9. The van der Waals surface area contributed by atoms with E-state index in [0.29, 0.717) is 55.1 Å². The van der Waals surface area contributed by atoms with Crippen LogP contribution in [0.3, 0.4) is 0 Å². The van der Waals surface area contributed by atoms with Crippen LogP contribution >= 0.6 is 0 Å². The first-order valence-electron chi connectivity index (χ1n) is 7.64. The highest BCUT2D eigenvalue weighted by Gasteiger charge is 2.22. The van der Waals surface area contributed by atoms with Gasteiger partial charge in [-0.3, -0.25) is 0 Å². The molecule has 1 N–H and O–H groups in total. The van der Waals surface area contributed by atoms with Gasteiger partial charge in [-0.05, 0) is 24.3 Å². The van der Waals surface area contributed by atoms with Crippen molar-refractivity contribution in [2.45, 2.75) is 0 Å². The summed E-state index contributed by atoms with van der Waals surface area (Å²) in [5.74, 6) is 1.90. The first kappa shape index (κ1) is 16.1. The largest absolute Gasteiger partial charge is 0.493 e. The Hall–Kier alpha value is -2.80. The quantitative estimate of drug-likeness (QED) is 0.402. The first-order valence-corrected chi connectivity index (χ1v) is 7.64. The lowest BCUT2D eigenvalue weighted by atomic mass is 10.2. The van der Waals surface area contributed by atoms with Crippen molar-refractivity contribution in [3.8, 4) is 17.4 Å². The smallest absolute Gasteiger partial charge is 0.230 e. The Morgan fingerprint density at radius 2 is 1.92 bits per heavy atom. The van der Waals surface area contributed by atoms with Crippen LogP contribution in [0.25, 0.3) is 0 Å². The Balaban J connectivity index is 1.92. The first-order chi connectivity index (χ1) is 11.8. The van der Waals surface area contributed by atoms with E-state index in [1.807, 2.05) is 23.1 Å². The summed E-state index contributed by atoms with van der Waals surface area (Å²) in [5, 5.41) is 13.0. The van der Waals surface area contributed by atoms with Crippen molar-refractivity contribution in [1.82, 2.24) is 9.88 Å². The van der Waals surface area contributed by atoms with Gasteiger partial charge in [0, 0.05) is 19.3 Å². The number of aromatic nitrogens is 1. The standard InChI is InChI=1S/C17H19N3O4/c1-22-14-6-2-3-7-15(14)24-17-13(5-4-8-18-17)16(19-21)20-9-11-23-12-10-20/h2-8,21H,9-12H2,1H3/b19-16-. The van der Waals surface area contributed by atoms with Gasteiger partial charge in [-0.1, -0.05) is 17.3 Å². The number of rotatable bonds is 4. The molecule has 2 heterocycles. The van der Waals surface area contributed by atoms with Crippen molar-refractivity contribution in [3.05, 3.63) is 48.2 Å². The lowest BCUT2D eigenvalue weighted by Crippen LogP contribution is -2.41. The summed E-state index contributed by atoms with van der Waals surface area (Å²) >= 11 is 0. The van der Waals surface area contributed by atoms with Crippen LogP contribution in [0.15, 0.2) is 47.8 Å². The maximum Gasteiger partial charge on any atom is 0.230 e. The van der Waals surface area contributed by atoms with E-state index in [1.165, 1.54) is 0 Å². The molecule has 0 spiro atoms. The minimum absolute atomic E-state index is 0.348. The fraction of sp³-hybridized carbons (Fsp3) is 0.294. The molecule has 0 saturated carbocycles. The molecule has 1 saturated heterocycles. The molecule has 1 fully saturated rings. The van der Waals surface area contributed by atoms with Crippen LogP contribution in [0.4, 0.5) is 0 Å². The Labute approximate surface area is 140 Å². The SMILES string of the molecule is COc1ccccc1Oc1ncccc1/C(=N/O)N1CCOCC1. The summed E-state index contributed by atoms with van der Waals surface area (Å²) in [6.45, 7) is 2.45. The average molecular weight is 329 g/mol. The van der Waals surface area contributed by atoms with Crippen LogP contribution in [0.2, 0.25) is 0 Å². The fourth-order valence-electron chi connectivity index (χ4n) is 2.51. The molecule has 0 bridgehead atoms. The molecule has 1 aromatic carbocycles. The number of ether oxygens (including phenoxy) is 3. The van der Waals surface area contributed by atoms with Crippen LogP contribution < -0.4 is 9.47 Å². The van der Waals surface area contributed by atoms with Gasteiger partial charge < -0.3 is 24.3 Å². The van der Waals surface area contributed by atoms with Gasteiger partial charge in [0.25, 0.3) is 0 Å². The second kappa shape index (κ2) is 7.65. The number of benzene rings is 1. The number of oxime groups is 1. The molecule has 1 aliphatic rings. The van der Waals surface area contributed by atoms with Crippen LogP contribution in [0.1, 0.15) is 5.56 Å². The Bertz CT molecular complexity index is 714. The third-order valence-corrected chi connectivity index (χ3v) is 3.69. The minimum Gasteiger partial charge on any atom is -0.493 e. The second-order valence-electron chi connectivity index (χ2n) is 5.13. The molecule has 0 aliphatic carbocycles. The van der Waals surface area contributed by atoms with Gasteiger partial charge in [-0.15, -0.1) is 0 Å². The maximum absolute atomic E-state index is 9.52. The minimum atomic E-state index is 0.348. The molecule has 7 heteroatoms. The lowest BCUT2D eigenvalue weighted by Gasteiger charge is -2.29. The van der Waals surface area contributed by atoms with Crippen LogP contribution in [-0.4, -0.2) is 54.3 Å². The molecule has 24 heavy (non-hydrogen) atoms. The van der Waals surface area contributed by atoms with E-state index in [0.717, 1.165) is 0 Å². The summed E-state index contributed by atoms with van der Waals surface area (Å²) in [6.07, 6.45) is 1.63. The molecule has 0 unspecified atom stereocenters. The van der Waals surface area contributed by atoms with Gasteiger partial charge >= 0.3 is 0 Å². The van der Waals surface area contributed by atoms with Crippen LogP contribution in [0, 0.1) is 0 Å². The zero-order valence-corrected chi connectivity index (χ0v) is 13.4. The number of morpholine rings is 1. The van der Waals surface area contributed by atoms with Gasteiger partial charge in [0.05, 0.1) is 25.9 Å². The maximum atomic E-state index is 9.52. The molecular weight excluding hydrogens is 310 g/mol. The molecule has 1 aliphatic heterocycles. The molecule has 2 aromatic rings. The number of nitrogens with zero attached hydrogens (tertiary/aromatic N) is 3. The van der Waals surface area contributed by atoms with E-state index in [2.05, 4.69) is 10.1 Å². The van der Waals surface area contributed by atoms with Crippen molar-refractivity contribution in [3.63, 3.8) is 0 Å². The highest BCUT2D eigenvalue weighted by atomic mass is 16.5. The van der Waals surface area contributed by atoms with E-state index in [1.54, 1.807) is 31.5 Å². The number of hydrogen-bond acceptors (Lipinski definition) is 6. The van der Waals surface area contributed by atoms with Gasteiger partial charge in [-0.25, -0.2) is 4.98 Å². The van der Waals surface area contributed by atoms with Gasteiger partial charge in [0.1, 0.15) is 0 Å². The molecule has 0 radical (unpaired) electrons. The lowest BCUT2D eigenvalue weighted by molar-refractivity contribution is 0.0667. The molecular formula is C17H19N3O4. The monoisotopic (exact) mass is 329 g/mol. The van der Waals surface area contributed by atoms with Crippen molar-refractivity contribution in [2.24, 2.45) is 5.16 Å². The predicted molar refractivity (Wildman–Crippen MR) is 88.0 cm³/mol. The van der Waals surface area contributed by atoms with Gasteiger partial charge in [0.2, 0.25) is 5.88 Å². The van der Waals surface area contributed by atoms with Gasteiger partial charge in [0.15, 0.2) is 17.3 Å². The molecule has 126 valence electrons. The fourth-order valence-corrected chi connectivity index (χ4v) is 2.51. The van der Waals surface area contributed by atoms with Crippen molar-refractivity contribution < 1.29 is 19.4 Å². The Morgan fingerprint density at radius 3 is 2.62 bits per heavy atom. The van der Waals surface area contributed by atoms with Crippen LogP contribution in [-0.2, 0) is 4.74 Å². The van der Waals surface area contributed by atoms with Crippen molar-refractivity contribution >= 4 is 5.84 Å². The summed E-state index contributed by atoms with van der Waals surface area (Å²) in [7, 11) is 1.58. The zero-order chi connectivity index (χ0) is 16.8. The number of methoxy groups -OCH3 is 1. The number of para-hydroxylation sites is 2. The molecule has 7 nitrogen and oxygen atoms in total. The zero-order valence-electron chi connectivity index (χ0n) is 13.4. The summed E-state index contributed by atoms with van der Waals surface area (Å²) in [4.78, 5) is 6.23. The third kappa shape index (κ3) is 3.41. The highest BCUT2D eigenvalue weighted by molar-refractivity contribution is 6.00. The molecule has 0 atom stereocenters. The summed E-state index contributed by atoms with van der Waals surface area (Å²) in [5.41, 5.74) is 0.604. The van der Waals surface area contributed by atoms with Crippen molar-refractivity contribution in [2.75, 3.05) is 33.4 Å². The topological polar surface area (TPSA) is 76.4 Å². The van der Waals surface area contributed by atoms with E-state index >= 15 is 0 Å². The Morgan fingerprint density at radius 1 is 1.17 bits per heavy atom. The average Bonchev–Trinajstić information content (AvgIpc) is 2.65.